The first-order valence-corrected chi connectivity index (χ1v) is 9.05. The van der Waals surface area contributed by atoms with Crippen molar-refractivity contribution < 1.29 is 14.9 Å². The summed E-state index contributed by atoms with van der Waals surface area (Å²) in [5.74, 6) is 1.75. The fourth-order valence-electron chi connectivity index (χ4n) is 4.13. The third-order valence-electron chi connectivity index (χ3n) is 5.41. The lowest BCUT2D eigenvalue weighted by Crippen LogP contribution is -2.23. The third kappa shape index (κ3) is 4.58. The van der Waals surface area contributed by atoms with Crippen molar-refractivity contribution in [1.29, 1.82) is 0 Å². The highest BCUT2D eigenvalue weighted by atomic mass is 16.5. The second-order valence-corrected chi connectivity index (χ2v) is 7.46. The van der Waals surface area contributed by atoms with E-state index >= 15 is 0 Å². The zero-order valence-electron chi connectivity index (χ0n) is 15.7. The summed E-state index contributed by atoms with van der Waals surface area (Å²) in [7, 11) is 1.61. The highest BCUT2D eigenvalue weighted by Crippen LogP contribution is 2.50. The Morgan fingerprint density at radius 3 is 2.60 bits per heavy atom. The monoisotopic (exact) mass is 348 g/mol. The summed E-state index contributed by atoms with van der Waals surface area (Å²) in [6, 6.07) is 2.16. The van der Waals surface area contributed by atoms with Crippen molar-refractivity contribution in [2.24, 2.45) is 5.92 Å². The van der Waals surface area contributed by atoms with Crippen molar-refractivity contribution in [2.45, 2.75) is 72.6 Å². The van der Waals surface area contributed by atoms with Gasteiger partial charge < -0.3 is 14.9 Å². The molecule has 1 aromatic rings. The van der Waals surface area contributed by atoms with Crippen LogP contribution in [0.4, 0.5) is 0 Å². The van der Waals surface area contributed by atoms with Crippen LogP contribution in [0, 0.1) is 12.8 Å². The topological polar surface area (TPSA) is 49.7 Å². The standard InChI is InChI=1S/C21H32O3.CH4/c1-13(2)7-6-8-16(12-22)17-10-9-14(3)19-18(17)11-15(4)21(24-5)20(19)23;/h7,11,14,16-17,22-23H,6,8-10,12H2,1-5H3;1H4/t14-,16-,17+;/m1./s1. The first kappa shape index (κ1) is 21.6. The van der Waals surface area contributed by atoms with Crippen LogP contribution in [0.15, 0.2) is 17.7 Å². The average Bonchev–Trinajstić information content (AvgIpc) is 2.52. The zero-order chi connectivity index (χ0) is 17.9. The van der Waals surface area contributed by atoms with Gasteiger partial charge in [0.2, 0.25) is 0 Å². The largest absolute Gasteiger partial charge is 0.504 e. The molecule has 25 heavy (non-hydrogen) atoms. The second kappa shape index (κ2) is 9.28. The minimum absolute atomic E-state index is 0. The summed E-state index contributed by atoms with van der Waals surface area (Å²) in [6.45, 7) is 8.56. The number of hydrogen-bond acceptors (Lipinski definition) is 3. The molecule has 0 radical (unpaired) electrons. The highest BCUT2D eigenvalue weighted by molar-refractivity contribution is 5.57. The molecule has 0 bridgehead atoms. The van der Waals surface area contributed by atoms with Gasteiger partial charge in [-0.05, 0) is 75.3 Å². The number of aliphatic hydroxyl groups is 1. The number of phenols is 1. The van der Waals surface area contributed by atoms with Crippen LogP contribution in [-0.2, 0) is 0 Å². The van der Waals surface area contributed by atoms with Crippen molar-refractivity contribution >= 4 is 0 Å². The van der Waals surface area contributed by atoms with E-state index in [1.54, 1.807) is 7.11 Å². The molecule has 0 saturated carbocycles. The maximum atomic E-state index is 10.7. The van der Waals surface area contributed by atoms with Crippen molar-refractivity contribution in [2.75, 3.05) is 13.7 Å². The molecule has 0 aliphatic heterocycles. The van der Waals surface area contributed by atoms with Gasteiger partial charge in [-0.25, -0.2) is 0 Å². The van der Waals surface area contributed by atoms with Gasteiger partial charge in [-0.3, -0.25) is 0 Å². The molecule has 0 fully saturated rings. The molecule has 3 heteroatoms. The van der Waals surface area contributed by atoms with Gasteiger partial charge in [0.1, 0.15) is 0 Å². The molecular weight excluding hydrogens is 312 g/mol. The number of ether oxygens (including phenoxy) is 1. The van der Waals surface area contributed by atoms with Crippen LogP contribution in [0.2, 0.25) is 0 Å². The first-order chi connectivity index (χ1) is 11.4. The number of phenolic OH excluding ortho intramolecular Hbond substituents is 1. The van der Waals surface area contributed by atoms with E-state index in [4.69, 9.17) is 4.74 Å². The molecule has 2 rings (SSSR count). The average molecular weight is 349 g/mol. The molecule has 0 spiro atoms. The van der Waals surface area contributed by atoms with Crippen LogP contribution >= 0.6 is 0 Å². The Hall–Kier alpha value is -1.48. The minimum atomic E-state index is 0. The van der Waals surface area contributed by atoms with Crippen LogP contribution in [0.3, 0.4) is 0 Å². The fraction of sp³-hybridized carbons (Fsp3) is 0.636. The number of aryl methyl sites for hydroxylation is 1. The van der Waals surface area contributed by atoms with E-state index in [2.05, 4.69) is 32.9 Å². The smallest absolute Gasteiger partial charge is 0.163 e. The van der Waals surface area contributed by atoms with E-state index in [9.17, 15) is 10.2 Å². The third-order valence-corrected chi connectivity index (χ3v) is 5.41. The van der Waals surface area contributed by atoms with Gasteiger partial charge in [0, 0.05) is 12.2 Å². The molecule has 3 nitrogen and oxygen atoms in total. The van der Waals surface area contributed by atoms with Gasteiger partial charge in [0.25, 0.3) is 0 Å². The van der Waals surface area contributed by atoms with Crippen LogP contribution in [0.25, 0.3) is 0 Å². The molecule has 0 saturated heterocycles. The lowest BCUT2D eigenvalue weighted by molar-refractivity contribution is 0.185. The summed E-state index contributed by atoms with van der Waals surface area (Å²) in [5, 5.41) is 20.7. The molecule has 0 heterocycles. The first-order valence-electron chi connectivity index (χ1n) is 9.05. The van der Waals surface area contributed by atoms with Gasteiger partial charge in [-0.15, -0.1) is 0 Å². The second-order valence-electron chi connectivity index (χ2n) is 7.46. The molecule has 0 unspecified atom stereocenters. The predicted molar refractivity (Wildman–Crippen MR) is 106 cm³/mol. The maximum absolute atomic E-state index is 10.7. The summed E-state index contributed by atoms with van der Waals surface area (Å²) in [6.07, 6.45) is 6.32. The quantitative estimate of drug-likeness (QED) is 0.650. The van der Waals surface area contributed by atoms with Crippen molar-refractivity contribution in [3.05, 3.63) is 34.4 Å². The molecule has 1 aromatic carbocycles. The van der Waals surface area contributed by atoms with Gasteiger partial charge in [0.15, 0.2) is 11.5 Å². The summed E-state index contributed by atoms with van der Waals surface area (Å²) < 4.78 is 5.40. The molecule has 0 aromatic heterocycles. The fourth-order valence-corrected chi connectivity index (χ4v) is 4.13. The molecular formula is C22H36O3. The Kier molecular flexibility index (Phi) is 8.01. The number of allylic oxidation sites excluding steroid dienone is 2. The highest BCUT2D eigenvalue weighted by Gasteiger charge is 2.33. The SMILES string of the molecule is C.COc1c(C)cc2c(c1O)[C@H](C)CC[C@H]2[C@@H](CO)CCC=C(C)C. The van der Waals surface area contributed by atoms with Crippen molar-refractivity contribution in [3.63, 3.8) is 0 Å². The van der Waals surface area contributed by atoms with Crippen molar-refractivity contribution in [3.8, 4) is 11.5 Å². The van der Waals surface area contributed by atoms with E-state index in [1.807, 2.05) is 6.92 Å². The maximum Gasteiger partial charge on any atom is 0.163 e. The Balaban J connectivity index is 0.00000312. The number of hydrogen-bond donors (Lipinski definition) is 2. The number of rotatable bonds is 6. The van der Waals surface area contributed by atoms with E-state index in [0.29, 0.717) is 23.3 Å². The van der Waals surface area contributed by atoms with Gasteiger partial charge in [-0.2, -0.15) is 0 Å². The van der Waals surface area contributed by atoms with Crippen LogP contribution in [0.1, 0.15) is 82.4 Å². The van der Waals surface area contributed by atoms with E-state index in [1.165, 1.54) is 11.1 Å². The molecule has 1 aliphatic carbocycles. The number of fused-ring (bicyclic) bond motifs is 1. The molecule has 142 valence electrons. The molecule has 0 amide bonds. The lowest BCUT2D eigenvalue weighted by atomic mass is 9.70. The summed E-state index contributed by atoms with van der Waals surface area (Å²) >= 11 is 0. The summed E-state index contributed by atoms with van der Waals surface area (Å²) in [5.41, 5.74) is 4.52. The van der Waals surface area contributed by atoms with Gasteiger partial charge >= 0.3 is 0 Å². The number of aromatic hydroxyl groups is 1. The summed E-state index contributed by atoms with van der Waals surface area (Å²) in [4.78, 5) is 0. The Morgan fingerprint density at radius 2 is 2.04 bits per heavy atom. The van der Waals surface area contributed by atoms with E-state index in [0.717, 1.165) is 36.8 Å². The Morgan fingerprint density at radius 1 is 1.36 bits per heavy atom. The Bertz CT molecular complexity index is 600. The van der Waals surface area contributed by atoms with Crippen LogP contribution < -0.4 is 4.74 Å². The van der Waals surface area contributed by atoms with Gasteiger partial charge in [0.05, 0.1) is 7.11 Å². The Labute approximate surface area is 153 Å². The minimum Gasteiger partial charge on any atom is -0.504 e. The number of methoxy groups -OCH3 is 1. The van der Waals surface area contributed by atoms with Crippen LogP contribution in [0.5, 0.6) is 11.5 Å². The van der Waals surface area contributed by atoms with Crippen LogP contribution in [-0.4, -0.2) is 23.9 Å². The zero-order valence-corrected chi connectivity index (χ0v) is 15.7. The van der Waals surface area contributed by atoms with Gasteiger partial charge in [-0.1, -0.05) is 32.1 Å². The molecule has 3 atom stereocenters. The normalized spacial score (nSPS) is 20.2. The lowest BCUT2D eigenvalue weighted by Gasteiger charge is -2.35. The van der Waals surface area contributed by atoms with E-state index in [-0.39, 0.29) is 20.0 Å². The van der Waals surface area contributed by atoms with Crippen molar-refractivity contribution in [1.82, 2.24) is 0 Å². The molecule has 2 N–H and O–H groups in total. The predicted octanol–water partition coefficient (Wildman–Crippen LogP) is 5.68. The molecule has 1 aliphatic rings. The van der Waals surface area contributed by atoms with E-state index < -0.39 is 0 Å². The number of aliphatic hydroxyl groups excluding tert-OH is 1. The number of benzene rings is 1.